The van der Waals surface area contributed by atoms with Crippen molar-refractivity contribution >= 4 is 94.9 Å². The van der Waals surface area contributed by atoms with Crippen molar-refractivity contribution in [3.63, 3.8) is 0 Å². The number of carboxylic acids is 1. The average Bonchev–Trinajstić information content (AvgIpc) is 2.85. The van der Waals surface area contributed by atoms with Crippen LogP contribution >= 0.6 is 0 Å². The largest absolute Gasteiger partial charge is 0.480 e. The molecule has 0 aromatic heterocycles. The number of nitrogens with zero attached hydrogens (tertiary/aromatic N) is 7. The molecule has 39 N–H and O–H groups in total. The van der Waals surface area contributed by atoms with E-state index in [2.05, 4.69) is 77.5 Å². The Morgan fingerprint density at radius 1 is 0.291 bits per heavy atom. The molecule has 40 heteroatoms. The standard InChI is InChI=1S/C46H92N30O10/c47-22-31(77)69-23-32(78)70-24(8-1-15-62-40(48)49)33(79)71-25(9-2-16-63-41(50)51)34(80)72-26(10-3-17-64-42(52)53)35(81)73-27(11-4-18-65-43(54)55)36(82)74-28(12-5-19-66-44(56)57)37(83)75-29(13-6-20-67-45(58)59)38(84)76-30(39(85)86)14-7-21-68-46(60)61/h24-30H,1-23,47H2,(H,69,77)(H,70,78)(H,71,79)(H,72,80)(H,73,81)(H,74,82)(H,75,83)(H,76,84)(H,85,86)(H4,48,49,62)(H4,50,51,63)(H4,52,53,64)(H4,54,55,65)(H4,56,57,66)(H4,58,59,67)(H4,60,61,68). The highest BCUT2D eigenvalue weighted by Crippen LogP contribution is 2.11. The molecule has 0 rings (SSSR count). The Hall–Kier alpha value is -9.92. The molecule has 0 aliphatic carbocycles. The molecule has 0 bridgehead atoms. The van der Waals surface area contributed by atoms with Gasteiger partial charge >= 0.3 is 5.97 Å². The monoisotopic (exact) mass is 1220 g/mol. The van der Waals surface area contributed by atoms with E-state index >= 15 is 0 Å². The van der Waals surface area contributed by atoms with Gasteiger partial charge in [-0.25, -0.2) is 4.79 Å². The van der Waals surface area contributed by atoms with Gasteiger partial charge in [0, 0.05) is 45.8 Å². The summed E-state index contributed by atoms with van der Waals surface area (Å²) in [6.07, 6.45) is -0.437. The summed E-state index contributed by atoms with van der Waals surface area (Å²) in [5, 5.41) is 30.2. The summed E-state index contributed by atoms with van der Waals surface area (Å²) in [5.41, 5.74) is 82.2. The smallest absolute Gasteiger partial charge is 0.326 e. The molecule has 7 unspecified atom stereocenters. The van der Waals surface area contributed by atoms with E-state index in [0.717, 1.165) is 0 Å². The van der Waals surface area contributed by atoms with Crippen LogP contribution in [0, 0.1) is 0 Å². The first-order valence-electron chi connectivity index (χ1n) is 27.2. The molecule has 86 heavy (non-hydrogen) atoms. The van der Waals surface area contributed by atoms with Crippen LogP contribution in [0.2, 0.25) is 0 Å². The number of hydrogen-bond acceptors (Lipinski definition) is 17. The first kappa shape index (κ1) is 76.1. The Balaban J connectivity index is 7.44. The first-order valence-corrected chi connectivity index (χ1v) is 27.2. The molecule has 486 valence electrons. The minimum atomic E-state index is -1.52. The minimum Gasteiger partial charge on any atom is -0.480 e. The number of amides is 8. The lowest BCUT2D eigenvalue weighted by Gasteiger charge is -2.28. The number of aliphatic carboxylic acids is 1. The van der Waals surface area contributed by atoms with Crippen molar-refractivity contribution in [3.05, 3.63) is 0 Å². The molecule has 0 aromatic rings. The summed E-state index contributed by atoms with van der Waals surface area (Å²) in [5.74, 6) is -10.3. The van der Waals surface area contributed by atoms with Crippen molar-refractivity contribution in [1.82, 2.24) is 42.5 Å². The summed E-state index contributed by atoms with van der Waals surface area (Å²) in [6, 6.07) is -10.2. The average molecular weight is 1230 g/mol. The summed E-state index contributed by atoms with van der Waals surface area (Å²) >= 11 is 0. The van der Waals surface area contributed by atoms with Crippen LogP contribution < -0.4 is 129 Å². The fraction of sp³-hybridized carbons (Fsp3) is 0.652. The van der Waals surface area contributed by atoms with Crippen molar-refractivity contribution in [2.24, 2.45) is 121 Å². The van der Waals surface area contributed by atoms with Crippen LogP contribution in [-0.2, 0) is 43.2 Å². The van der Waals surface area contributed by atoms with Crippen LogP contribution in [-0.4, -0.2) is 201 Å². The Morgan fingerprint density at radius 3 is 0.663 bits per heavy atom. The van der Waals surface area contributed by atoms with E-state index in [-0.39, 0.29) is 177 Å². The van der Waals surface area contributed by atoms with E-state index in [1.54, 1.807) is 0 Å². The fourth-order valence-corrected chi connectivity index (χ4v) is 7.53. The third-order valence-corrected chi connectivity index (χ3v) is 11.7. The van der Waals surface area contributed by atoms with E-state index in [1.807, 2.05) is 0 Å². The maximum Gasteiger partial charge on any atom is 0.326 e. The maximum atomic E-state index is 14.6. The molecule has 0 heterocycles. The molecule has 7 atom stereocenters. The Morgan fingerprint density at radius 2 is 0.477 bits per heavy atom. The molecule has 0 aromatic carbocycles. The van der Waals surface area contributed by atoms with E-state index in [4.69, 9.17) is 86.0 Å². The zero-order chi connectivity index (χ0) is 65.1. The van der Waals surface area contributed by atoms with Crippen LogP contribution in [0.3, 0.4) is 0 Å². The third kappa shape index (κ3) is 38.0. The number of nitrogens with two attached hydrogens (primary N) is 15. The van der Waals surface area contributed by atoms with Crippen molar-refractivity contribution in [2.45, 2.75) is 132 Å². The minimum absolute atomic E-state index is 0.00464. The zero-order valence-electron chi connectivity index (χ0n) is 48.2. The number of guanidine groups is 7. The van der Waals surface area contributed by atoms with Crippen molar-refractivity contribution in [2.75, 3.05) is 58.9 Å². The highest BCUT2D eigenvalue weighted by atomic mass is 16.4. The summed E-state index contributed by atoms with van der Waals surface area (Å²) in [6.45, 7) is -1.05. The van der Waals surface area contributed by atoms with Gasteiger partial charge in [-0.3, -0.25) is 73.3 Å². The second kappa shape index (κ2) is 43.7. The van der Waals surface area contributed by atoms with E-state index in [0.29, 0.717) is 0 Å². The molecule has 0 fully saturated rings. The molecular weight excluding hydrogens is 1130 g/mol. The van der Waals surface area contributed by atoms with Crippen molar-refractivity contribution in [1.29, 1.82) is 0 Å². The second-order valence-corrected chi connectivity index (χ2v) is 18.9. The van der Waals surface area contributed by atoms with E-state index in [9.17, 15) is 48.3 Å². The fourth-order valence-electron chi connectivity index (χ4n) is 7.53. The number of carbonyl (C=O) groups is 9. The number of carboxylic acid groups (broad SMARTS) is 1. The quantitative estimate of drug-likeness (QED) is 0.0153. The lowest BCUT2D eigenvalue weighted by molar-refractivity contribution is -0.142. The van der Waals surface area contributed by atoms with Crippen molar-refractivity contribution in [3.8, 4) is 0 Å². The molecule has 0 spiro atoms. The number of carbonyl (C=O) groups excluding carboxylic acids is 8. The van der Waals surface area contributed by atoms with Gasteiger partial charge in [0.15, 0.2) is 41.7 Å². The lowest BCUT2D eigenvalue weighted by atomic mass is 10.0. The lowest BCUT2D eigenvalue weighted by Crippen LogP contribution is -2.60. The predicted molar refractivity (Wildman–Crippen MR) is 323 cm³/mol. The summed E-state index contributed by atoms with van der Waals surface area (Å²) < 4.78 is 0. The molecule has 0 saturated heterocycles. The third-order valence-electron chi connectivity index (χ3n) is 11.7. The van der Waals surface area contributed by atoms with Crippen molar-refractivity contribution < 1.29 is 48.3 Å². The zero-order valence-corrected chi connectivity index (χ0v) is 48.2. The van der Waals surface area contributed by atoms with Gasteiger partial charge in [-0.2, -0.15) is 0 Å². The molecule has 0 aliphatic rings. The van der Waals surface area contributed by atoms with Gasteiger partial charge in [-0.1, -0.05) is 0 Å². The normalized spacial score (nSPS) is 12.9. The predicted octanol–water partition coefficient (Wildman–Crippen LogP) is -12.1. The van der Waals surface area contributed by atoms with Gasteiger partial charge in [0.1, 0.15) is 42.3 Å². The van der Waals surface area contributed by atoms with Crippen LogP contribution in [0.4, 0.5) is 0 Å². The first-order chi connectivity index (χ1) is 40.6. The number of rotatable bonds is 45. The van der Waals surface area contributed by atoms with Gasteiger partial charge in [0.05, 0.1) is 13.1 Å². The van der Waals surface area contributed by atoms with E-state index < -0.39 is 109 Å². The molecule has 40 nitrogen and oxygen atoms in total. The van der Waals surface area contributed by atoms with Crippen LogP contribution in [0.1, 0.15) is 89.9 Å². The Bertz CT molecular complexity index is 2390. The van der Waals surface area contributed by atoms with E-state index in [1.165, 1.54) is 0 Å². The van der Waals surface area contributed by atoms with Crippen LogP contribution in [0.25, 0.3) is 0 Å². The second-order valence-electron chi connectivity index (χ2n) is 18.9. The SMILES string of the molecule is NCC(=O)NCC(=O)NC(CCCN=C(N)N)C(=O)NC(CCCN=C(N)N)C(=O)NC(CCCN=C(N)N)C(=O)NC(CCCN=C(N)N)C(=O)NC(CCCN=C(N)N)C(=O)NC(CCCN=C(N)N)C(=O)NC(CCCN=C(N)N)C(=O)O. The molecule has 0 aliphatic heterocycles. The van der Waals surface area contributed by atoms with Crippen LogP contribution in [0.5, 0.6) is 0 Å². The number of aliphatic imine (C=N–C) groups is 7. The van der Waals surface area contributed by atoms with Gasteiger partial charge in [-0.05, 0) is 89.9 Å². The summed E-state index contributed by atoms with van der Waals surface area (Å²) in [4.78, 5) is 150. The molecular formula is C46H92N30O10. The van der Waals surface area contributed by atoms with Gasteiger partial charge in [0.2, 0.25) is 47.3 Å². The molecule has 0 radical (unpaired) electrons. The molecule has 0 saturated carbocycles. The number of hydrogen-bond donors (Lipinski definition) is 24. The Kier molecular flexibility index (Phi) is 38.7. The van der Waals surface area contributed by atoms with Gasteiger partial charge in [-0.15, -0.1) is 0 Å². The topological polar surface area (TPSA) is 747 Å². The van der Waals surface area contributed by atoms with Gasteiger partial charge < -0.3 is 134 Å². The van der Waals surface area contributed by atoms with Crippen LogP contribution in [0.15, 0.2) is 34.9 Å². The van der Waals surface area contributed by atoms with Gasteiger partial charge in [0.25, 0.3) is 0 Å². The Labute approximate surface area is 496 Å². The molecule has 8 amide bonds. The summed E-state index contributed by atoms with van der Waals surface area (Å²) in [7, 11) is 0. The maximum absolute atomic E-state index is 14.6. The highest BCUT2D eigenvalue weighted by molar-refractivity contribution is 5.98. The number of nitrogens with one attached hydrogen (secondary N) is 8. The highest BCUT2D eigenvalue weighted by Gasteiger charge is 2.34.